The number of halogens is 2. The molecule has 0 saturated carbocycles. The Bertz CT molecular complexity index is 1080. The van der Waals surface area contributed by atoms with Crippen LogP contribution in [0, 0.1) is 5.82 Å². The highest BCUT2D eigenvalue weighted by Crippen LogP contribution is 2.31. The fraction of sp³-hybridized carbons (Fsp3) is 0.304. The molecule has 1 aromatic heterocycles. The van der Waals surface area contributed by atoms with Gasteiger partial charge in [0.2, 0.25) is 0 Å². The minimum absolute atomic E-state index is 0.137. The molecule has 1 aliphatic heterocycles. The molecule has 6 nitrogen and oxygen atoms in total. The van der Waals surface area contributed by atoms with E-state index in [2.05, 4.69) is 9.88 Å². The summed E-state index contributed by atoms with van der Waals surface area (Å²) in [5.74, 6) is 0.773. The maximum absolute atomic E-state index is 13.7. The first kappa shape index (κ1) is 21.3. The highest BCUT2D eigenvalue weighted by Gasteiger charge is 2.26. The monoisotopic (exact) mass is 442 g/mol. The average Bonchev–Trinajstić information content (AvgIpc) is 3.23. The number of carbonyl (C=O) groups is 1. The predicted octanol–water partition coefficient (Wildman–Crippen LogP) is 4.36. The zero-order valence-corrected chi connectivity index (χ0v) is 18.0. The Morgan fingerprint density at radius 1 is 1.26 bits per heavy atom. The number of nitrogens with one attached hydrogen (secondary N) is 1. The number of hydrogen-bond acceptors (Lipinski definition) is 4. The van der Waals surface area contributed by atoms with Crippen LogP contribution in [0.25, 0.3) is 11.3 Å². The molecule has 1 aliphatic rings. The van der Waals surface area contributed by atoms with Crippen LogP contribution in [0.15, 0.2) is 42.5 Å². The van der Waals surface area contributed by atoms with Gasteiger partial charge in [0.1, 0.15) is 28.8 Å². The summed E-state index contributed by atoms with van der Waals surface area (Å²) in [7, 11) is 1.60. The number of nitrogens with zero attached hydrogens (tertiary/aromatic N) is 2. The summed E-state index contributed by atoms with van der Waals surface area (Å²) in [6.07, 6.45) is 1.76. The van der Waals surface area contributed by atoms with Crippen LogP contribution in [0.2, 0.25) is 5.02 Å². The third-order valence-electron chi connectivity index (χ3n) is 5.70. The van der Waals surface area contributed by atoms with E-state index < -0.39 is 11.7 Å². The zero-order valence-electron chi connectivity index (χ0n) is 17.2. The minimum atomic E-state index is -0.535. The number of carbonyl (C=O) groups excluding carboxylic acids is 1. The van der Waals surface area contributed by atoms with Crippen LogP contribution in [0.4, 0.5) is 4.39 Å². The van der Waals surface area contributed by atoms with Crippen molar-refractivity contribution in [2.24, 2.45) is 5.73 Å². The Balaban J connectivity index is 1.46. The third kappa shape index (κ3) is 4.73. The minimum Gasteiger partial charge on any atom is -0.497 e. The number of methoxy groups -OCH3 is 1. The molecular formula is C23H24ClFN4O2. The summed E-state index contributed by atoms with van der Waals surface area (Å²) in [5, 5.41) is 0.137. The number of aromatic nitrogens is 2. The van der Waals surface area contributed by atoms with E-state index in [0.717, 1.165) is 48.6 Å². The lowest BCUT2D eigenvalue weighted by atomic mass is 9.96. The number of rotatable bonds is 6. The molecule has 3 N–H and O–H groups in total. The number of benzene rings is 2. The smallest absolute Gasteiger partial charge is 0.267 e. The molecule has 0 bridgehead atoms. The number of aromatic amines is 1. The van der Waals surface area contributed by atoms with Crippen molar-refractivity contribution in [2.75, 3.05) is 20.2 Å². The lowest BCUT2D eigenvalue weighted by Crippen LogP contribution is -2.32. The molecule has 4 rings (SSSR count). The molecule has 1 fully saturated rings. The normalized spacial score (nSPS) is 15.2. The highest BCUT2D eigenvalue weighted by atomic mass is 35.5. The second-order valence-electron chi connectivity index (χ2n) is 7.74. The van der Waals surface area contributed by atoms with E-state index in [4.69, 9.17) is 27.1 Å². The summed E-state index contributed by atoms with van der Waals surface area (Å²) in [6.45, 7) is 2.36. The Morgan fingerprint density at radius 2 is 1.97 bits per heavy atom. The van der Waals surface area contributed by atoms with Gasteiger partial charge in [-0.05, 0) is 67.9 Å². The number of amides is 1. The number of ether oxygens (including phenoxy) is 1. The zero-order chi connectivity index (χ0) is 22.0. The van der Waals surface area contributed by atoms with Crippen LogP contribution >= 0.6 is 11.6 Å². The standard InChI is InChI=1S/C23H24ClFN4O2/c1-31-17-5-3-15(4-6-17)20-21(22(26)30)28-23(27-20)16-8-10-29(11-9-16)13-14-2-7-18(24)19(25)12-14/h2-7,12,16H,8-11,13H2,1H3,(H2,26,30)(H,27,28). The van der Waals surface area contributed by atoms with Crippen LogP contribution in [0.1, 0.15) is 40.6 Å². The molecule has 3 aromatic rings. The molecule has 1 saturated heterocycles. The van der Waals surface area contributed by atoms with E-state index in [9.17, 15) is 9.18 Å². The van der Waals surface area contributed by atoms with Gasteiger partial charge in [-0.15, -0.1) is 0 Å². The van der Waals surface area contributed by atoms with Gasteiger partial charge in [0.15, 0.2) is 0 Å². The van der Waals surface area contributed by atoms with Gasteiger partial charge in [-0.2, -0.15) is 0 Å². The van der Waals surface area contributed by atoms with Gasteiger partial charge in [-0.3, -0.25) is 9.69 Å². The Labute approximate surface area is 185 Å². The molecule has 31 heavy (non-hydrogen) atoms. The number of likely N-dealkylation sites (tertiary alicyclic amines) is 1. The van der Waals surface area contributed by atoms with Crippen LogP contribution in [0.3, 0.4) is 0 Å². The van der Waals surface area contributed by atoms with Gasteiger partial charge in [0.05, 0.1) is 12.1 Å². The fourth-order valence-corrected chi connectivity index (χ4v) is 4.10. The van der Waals surface area contributed by atoms with Crippen LogP contribution in [-0.2, 0) is 6.54 Å². The number of hydrogen-bond donors (Lipinski definition) is 2. The molecule has 0 unspecified atom stereocenters. The van der Waals surface area contributed by atoms with E-state index in [-0.39, 0.29) is 10.9 Å². The highest BCUT2D eigenvalue weighted by molar-refractivity contribution is 6.30. The van der Waals surface area contributed by atoms with Gasteiger partial charge in [0.25, 0.3) is 5.91 Å². The Kier molecular flexibility index (Phi) is 6.25. The summed E-state index contributed by atoms with van der Waals surface area (Å²) >= 11 is 5.77. The first-order valence-electron chi connectivity index (χ1n) is 10.1. The van der Waals surface area contributed by atoms with Gasteiger partial charge >= 0.3 is 0 Å². The molecular weight excluding hydrogens is 419 g/mol. The van der Waals surface area contributed by atoms with Crippen molar-refractivity contribution < 1.29 is 13.9 Å². The second-order valence-corrected chi connectivity index (χ2v) is 8.14. The number of piperidine rings is 1. The summed E-state index contributed by atoms with van der Waals surface area (Å²) in [4.78, 5) is 22.2. The van der Waals surface area contributed by atoms with Crippen molar-refractivity contribution in [2.45, 2.75) is 25.3 Å². The van der Waals surface area contributed by atoms with Crippen LogP contribution in [0.5, 0.6) is 5.75 Å². The average molecular weight is 443 g/mol. The Hall–Kier alpha value is -2.90. The van der Waals surface area contributed by atoms with Crippen molar-refractivity contribution in [1.29, 1.82) is 0 Å². The molecule has 0 atom stereocenters. The summed E-state index contributed by atoms with van der Waals surface area (Å²) < 4.78 is 18.9. The molecule has 2 aromatic carbocycles. The van der Waals surface area contributed by atoms with Gasteiger partial charge in [-0.25, -0.2) is 9.37 Å². The molecule has 8 heteroatoms. The van der Waals surface area contributed by atoms with Gasteiger partial charge in [0, 0.05) is 18.0 Å². The first-order valence-corrected chi connectivity index (χ1v) is 10.5. The van der Waals surface area contributed by atoms with E-state index >= 15 is 0 Å². The van der Waals surface area contributed by atoms with Crippen molar-refractivity contribution in [1.82, 2.24) is 14.9 Å². The molecule has 0 radical (unpaired) electrons. The van der Waals surface area contributed by atoms with Crippen molar-refractivity contribution >= 4 is 17.5 Å². The number of nitrogens with two attached hydrogens (primary N) is 1. The van der Waals surface area contributed by atoms with Crippen LogP contribution < -0.4 is 10.5 Å². The predicted molar refractivity (Wildman–Crippen MR) is 118 cm³/mol. The van der Waals surface area contributed by atoms with Crippen LogP contribution in [-0.4, -0.2) is 41.0 Å². The van der Waals surface area contributed by atoms with E-state index in [0.29, 0.717) is 17.9 Å². The van der Waals surface area contributed by atoms with Crippen molar-refractivity contribution in [3.8, 4) is 17.0 Å². The molecule has 0 spiro atoms. The SMILES string of the molecule is COc1ccc(-c2nc(C3CCN(Cc4ccc(Cl)c(F)c4)CC3)[nH]c2C(N)=O)cc1. The lowest BCUT2D eigenvalue weighted by molar-refractivity contribution is 0.0996. The lowest BCUT2D eigenvalue weighted by Gasteiger charge is -2.31. The van der Waals surface area contributed by atoms with E-state index in [1.54, 1.807) is 13.2 Å². The molecule has 162 valence electrons. The van der Waals surface area contributed by atoms with E-state index in [1.807, 2.05) is 30.3 Å². The Morgan fingerprint density at radius 3 is 2.58 bits per heavy atom. The van der Waals surface area contributed by atoms with Crippen molar-refractivity contribution in [3.63, 3.8) is 0 Å². The molecule has 0 aliphatic carbocycles. The quantitative estimate of drug-likeness (QED) is 0.594. The third-order valence-corrected chi connectivity index (χ3v) is 6.00. The maximum Gasteiger partial charge on any atom is 0.267 e. The molecule has 2 heterocycles. The topological polar surface area (TPSA) is 84.2 Å². The van der Waals surface area contributed by atoms with E-state index in [1.165, 1.54) is 6.07 Å². The molecule has 1 amide bonds. The number of imidazole rings is 1. The summed E-state index contributed by atoms with van der Waals surface area (Å²) in [6, 6.07) is 12.3. The van der Waals surface area contributed by atoms with Gasteiger partial charge < -0.3 is 15.5 Å². The number of primary amides is 1. The first-order chi connectivity index (χ1) is 14.9. The fourth-order valence-electron chi connectivity index (χ4n) is 3.98. The largest absolute Gasteiger partial charge is 0.497 e. The maximum atomic E-state index is 13.7. The second kappa shape index (κ2) is 9.08. The number of H-pyrrole nitrogens is 1. The summed E-state index contributed by atoms with van der Waals surface area (Å²) in [5.41, 5.74) is 8.18. The van der Waals surface area contributed by atoms with Gasteiger partial charge in [-0.1, -0.05) is 17.7 Å². The van der Waals surface area contributed by atoms with Crippen molar-refractivity contribution in [3.05, 3.63) is 70.4 Å².